The van der Waals surface area contributed by atoms with E-state index in [-0.39, 0.29) is 11.8 Å². The van der Waals surface area contributed by atoms with Gasteiger partial charge < -0.3 is 15.0 Å². The third-order valence-electron chi connectivity index (χ3n) is 5.42. The van der Waals surface area contributed by atoms with E-state index < -0.39 is 6.04 Å². The van der Waals surface area contributed by atoms with Crippen LogP contribution in [-0.4, -0.2) is 36.4 Å². The van der Waals surface area contributed by atoms with Gasteiger partial charge in [-0.15, -0.1) is 0 Å². The Hall–Kier alpha value is -3.60. The van der Waals surface area contributed by atoms with Gasteiger partial charge in [-0.25, -0.2) is 0 Å². The summed E-state index contributed by atoms with van der Waals surface area (Å²) in [5, 5.41) is 3.04. The van der Waals surface area contributed by atoms with Crippen LogP contribution in [0.25, 0.3) is 0 Å². The van der Waals surface area contributed by atoms with Crippen LogP contribution in [-0.2, 0) is 29.0 Å². The first-order valence-electron chi connectivity index (χ1n) is 10.8. The third kappa shape index (κ3) is 6.71. The molecule has 3 rings (SSSR count). The first-order valence-corrected chi connectivity index (χ1v) is 10.8. The summed E-state index contributed by atoms with van der Waals surface area (Å²) >= 11 is 0. The van der Waals surface area contributed by atoms with E-state index in [1.165, 1.54) is 6.92 Å². The van der Waals surface area contributed by atoms with Crippen molar-refractivity contribution in [3.63, 3.8) is 0 Å². The minimum atomic E-state index is -0.604. The number of hydrogen-bond donors (Lipinski definition) is 1. The van der Waals surface area contributed by atoms with E-state index in [1.54, 1.807) is 12.0 Å². The molecule has 166 valence electrons. The van der Waals surface area contributed by atoms with Crippen LogP contribution in [0.15, 0.2) is 84.9 Å². The number of ether oxygens (including phenoxy) is 1. The molecule has 2 amide bonds. The molecule has 0 heterocycles. The molecule has 1 atom stereocenters. The summed E-state index contributed by atoms with van der Waals surface area (Å²) < 4.78 is 5.22. The minimum Gasteiger partial charge on any atom is -0.497 e. The highest BCUT2D eigenvalue weighted by Gasteiger charge is 2.28. The highest BCUT2D eigenvalue weighted by Crippen LogP contribution is 2.17. The van der Waals surface area contributed by atoms with Crippen LogP contribution in [0.4, 0.5) is 0 Å². The Bertz CT molecular complexity index is 988. The zero-order chi connectivity index (χ0) is 22.8. The lowest BCUT2D eigenvalue weighted by molar-refractivity contribution is -0.139. The molecule has 3 aromatic carbocycles. The summed E-state index contributed by atoms with van der Waals surface area (Å²) in [4.78, 5) is 27.5. The van der Waals surface area contributed by atoms with Crippen molar-refractivity contribution < 1.29 is 14.3 Å². The second-order valence-electron chi connectivity index (χ2n) is 7.73. The van der Waals surface area contributed by atoms with E-state index >= 15 is 0 Å². The van der Waals surface area contributed by atoms with E-state index in [9.17, 15) is 9.59 Å². The molecule has 5 nitrogen and oxygen atoms in total. The molecular formula is C27H30N2O3. The minimum absolute atomic E-state index is 0.139. The van der Waals surface area contributed by atoms with E-state index in [0.717, 1.165) is 28.9 Å². The molecule has 0 bridgehead atoms. The quantitative estimate of drug-likeness (QED) is 0.529. The van der Waals surface area contributed by atoms with Crippen molar-refractivity contribution in [1.82, 2.24) is 10.2 Å². The molecule has 3 aromatic rings. The number of carbonyl (C=O) groups is 2. The van der Waals surface area contributed by atoms with Crippen LogP contribution >= 0.6 is 0 Å². The van der Waals surface area contributed by atoms with Gasteiger partial charge in [-0.05, 0) is 35.2 Å². The van der Waals surface area contributed by atoms with E-state index in [2.05, 4.69) is 5.32 Å². The van der Waals surface area contributed by atoms with E-state index in [0.29, 0.717) is 19.5 Å². The number of methoxy groups -OCH3 is 1. The summed E-state index contributed by atoms with van der Waals surface area (Å²) in [7, 11) is 1.62. The third-order valence-corrected chi connectivity index (χ3v) is 5.42. The van der Waals surface area contributed by atoms with E-state index in [4.69, 9.17) is 4.74 Å². The van der Waals surface area contributed by atoms with Gasteiger partial charge in [0, 0.05) is 26.4 Å². The lowest BCUT2D eigenvalue weighted by Gasteiger charge is -2.30. The van der Waals surface area contributed by atoms with Gasteiger partial charge in [0.25, 0.3) is 0 Å². The second-order valence-corrected chi connectivity index (χ2v) is 7.73. The van der Waals surface area contributed by atoms with Crippen molar-refractivity contribution in [3.8, 4) is 5.75 Å². The van der Waals surface area contributed by atoms with E-state index in [1.807, 2.05) is 84.9 Å². The second kappa shape index (κ2) is 11.7. The highest BCUT2D eigenvalue weighted by molar-refractivity contribution is 5.87. The van der Waals surface area contributed by atoms with Crippen LogP contribution in [0.3, 0.4) is 0 Å². The zero-order valence-corrected chi connectivity index (χ0v) is 18.7. The van der Waals surface area contributed by atoms with Gasteiger partial charge in [0.15, 0.2) is 0 Å². The maximum atomic E-state index is 13.2. The Balaban J connectivity index is 1.76. The Morgan fingerprint density at radius 1 is 0.844 bits per heavy atom. The molecule has 0 aliphatic rings. The van der Waals surface area contributed by atoms with Gasteiger partial charge in [0.2, 0.25) is 11.8 Å². The van der Waals surface area contributed by atoms with Crippen LogP contribution in [0, 0.1) is 0 Å². The fourth-order valence-corrected chi connectivity index (χ4v) is 3.64. The zero-order valence-electron chi connectivity index (χ0n) is 18.7. The van der Waals surface area contributed by atoms with Gasteiger partial charge >= 0.3 is 0 Å². The summed E-state index contributed by atoms with van der Waals surface area (Å²) in [5.74, 6) is 0.469. The Kier molecular flexibility index (Phi) is 8.44. The number of nitrogens with zero attached hydrogens (tertiary/aromatic N) is 1. The summed E-state index contributed by atoms with van der Waals surface area (Å²) in [6.45, 7) is 2.38. The molecule has 0 saturated heterocycles. The highest BCUT2D eigenvalue weighted by atomic mass is 16.5. The predicted molar refractivity (Wildman–Crippen MR) is 126 cm³/mol. The van der Waals surface area contributed by atoms with Gasteiger partial charge in [-0.3, -0.25) is 9.59 Å². The average Bonchev–Trinajstić information content (AvgIpc) is 2.83. The van der Waals surface area contributed by atoms with Crippen molar-refractivity contribution in [2.45, 2.75) is 32.4 Å². The molecule has 0 spiro atoms. The molecule has 0 saturated carbocycles. The van der Waals surface area contributed by atoms with Crippen molar-refractivity contribution in [2.75, 3.05) is 13.7 Å². The number of amides is 2. The van der Waals surface area contributed by atoms with Crippen LogP contribution in [0.5, 0.6) is 5.75 Å². The number of benzene rings is 3. The van der Waals surface area contributed by atoms with Crippen LogP contribution in [0.2, 0.25) is 0 Å². The Morgan fingerprint density at radius 3 is 2.00 bits per heavy atom. The van der Waals surface area contributed by atoms with Crippen molar-refractivity contribution in [2.24, 2.45) is 0 Å². The molecule has 1 N–H and O–H groups in total. The normalized spacial score (nSPS) is 11.4. The van der Waals surface area contributed by atoms with Gasteiger partial charge in [-0.1, -0.05) is 72.8 Å². The largest absolute Gasteiger partial charge is 0.497 e. The van der Waals surface area contributed by atoms with Gasteiger partial charge in [0.1, 0.15) is 11.8 Å². The SMILES string of the molecule is COc1ccc(CN(C(C)=O)[C@@H](Cc2ccccc2)C(=O)NCCc2ccccc2)cc1. The van der Waals surface area contributed by atoms with Gasteiger partial charge in [0.05, 0.1) is 7.11 Å². The molecule has 0 aliphatic heterocycles. The summed E-state index contributed by atoms with van der Waals surface area (Å²) in [6, 6.07) is 26.8. The molecule has 0 aliphatic carbocycles. The molecule has 32 heavy (non-hydrogen) atoms. The first-order chi connectivity index (χ1) is 15.6. The smallest absolute Gasteiger partial charge is 0.243 e. The number of hydrogen-bond acceptors (Lipinski definition) is 3. The number of rotatable bonds is 10. The molecule has 0 radical (unpaired) electrons. The predicted octanol–water partition coefficient (Wildman–Crippen LogP) is 4.01. The lowest BCUT2D eigenvalue weighted by Crippen LogP contribution is -2.50. The molecule has 0 fully saturated rings. The molecule has 5 heteroatoms. The Labute approximate surface area is 190 Å². The summed E-state index contributed by atoms with van der Waals surface area (Å²) in [6.07, 6.45) is 1.19. The topological polar surface area (TPSA) is 58.6 Å². The number of carbonyl (C=O) groups excluding carboxylic acids is 2. The molecule has 0 aromatic heterocycles. The van der Waals surface area contributed by atoms with Crippen LogP contribution < -0.4 is 10.1 Å². The standard InChI is InChI=1S/C27H30N2O3/c1-21(30)29(20-24-13-15-25(32-2)16-14-24)26(19-23-11-7-4-8-12-23)27(31)28-18-17-22-9-5-3-6-10-22/h3-16,26H,17-20H2,1-2H3,(H,28,31)/t26-/m0/s1. The van der Waals surface area contributed by atoms with Crippen molar-refractivity contribution in [3.05, 3.63) is 102 Å². The molecular weight excluding hydrogens is 400 g/mol. The lowest BCUT2D eigenvalue weighted by atomic mass is 10.0. The van der Waals surface area contributed by atoms with Crippen molar-refractivity contribution >= 4 is 11.8 Å². The van der Waals surface area contributed by atoms with Crippen molar-refractivity contribution in [1.29, 1.82) is 0 Å². The fourth-order valence-electron chi connectivity index (χ4n) is 3.64. The maximum Gasteiger partial charge on any atom is 0.243 e. The summed E-state index contributed by atoms with van der Waals surface area (Å²) in [5.41, 5.74) is 3.11. The number of nitrogens with one attached hydrogen (secondary N) is 1. The Morgan fingerprint density at radius 2 is 1.44 bits per heavy atom. The van der Waals surface area contributed by atoms with Crippen LogP contribution in [0.1, 0.15) is 23.6 Å². The maximum absolute atomic E-state index is 13.2. The monoisotopic (exact) mass is 430 g/mol. The fraction of sp³-hybridized carbons (Fsp3) is 0.259. The average molecular weight is 431 g/mol. The van der Waals surface area contributed by atoms with Gasteiger partial charge in [-0.2, -0.15) is 0 Å². The first kappa shape index (κ1) is 23.1. The molecule has 0 unspecified atom stereocenters.